The predicted molar refractivity (Wildman–Crippen MR) is 155 cm³/mol. The first-order valence-electron chi connectivity index (χ1n) is 13.9. The Bertz CT molecular complexity index is 1920. The van der Waals surface area contributed by atoms with Crippen molar-refractivity contribution < 1.29 is 54.9 Å². The van der Waals surface area contributed by atoms with Gasteiger partial charge in [-0.2, -0.15) is 26.6 Å². The topological polar surface area (TPSA) is 128 Å². The van der Waals surface area contributed by atoms with E-state index in [4.69, 9.17) is 4.74 Å². The first kappa shape index (κ1) is 33.8. The molecule has 0 unspecified atom stereocenters. The number of carbonyl (C=O) groups is 2. The van der Waals surface area contributed by atoms with Gasteiger partial charge >= 0.3 is 18.8 Å². The van der Waals surface area contributed by atoms with Crippen LogP contribution >= 0.6 is 0 Å². The molecule has 4 aromatic rings. The quantitative estimate of drug-likeness (QED) is 0.223. The van der Waals surface area contributed by atoms with Crippen molar-refractivity contribution in [2.24, 2.45) is 7.05 Å². The number of aromatic nitrogens is 3. The highest BCUT2D eigenvalue weighted by atomic mass is 19.4. The number of hydrogen-bond donors (Lipinski definition) is 2. The average Bonchev–Trinajstić information content (AvgIpc) is 3.60. The Kier molecular flexibility index (Phi) is 9.10. The molecule has 2 aromatic heterocycles. The minimum Gasteiger partial charge on any atom is -0.497 e. The second-order valence-electron chi connectivity index (χ2n) is 10.4. The molecule has 1 aliphatic rings. The van der Waals surface area contributed by atoms with E-state index in [9.17, 15) is 41.4 Å². The predicted octanol–water partition coefficient (Wildman–Crippen LogP) is 5.45. The van der Waals surface area contributed by atoms with E-state index in [2.05, 4.69) is 15.0 Å². The first-order chi connectivity index (χ1) is 22.6. The molecular formula is C30H24F7N5O6. The number of ether oxygens (including phenoxy) is 2. The number of aliphatic carboxylic acids is 1. The SMILES string of the molecule is COc1cc(F)c(-c2c(NC(=O)c3ccc(OC(F)F)cc3)c(=O)n(-c3nc(N4CCC[C@H]4C(=O)O)ccc3C(F)(F)F)n2C)c(F)c1. The van der Waals surface area contributed by atoms with Gasteiger partial charge in [-0.15, -0.1) is 0 Å². The molecule has 1 atom stereocenters. The van der Waals surface area contributed by atoms with Crippen LogP contribution < -0.4 is 25.2 Å². The molecule has 1 saturated heterocycles. The number of anilines is 2. The van der Waals surface area contributed by atoms with Crippen molar-refractivity contribution in [1.82, 2.24) is 14.3 Å². The minimum atomic E-state index is -5.13. The van der Waals surface area contributed by atoms with Crippen molar-refractivity contribution in [2.75, 3.05) is 23.9 Å². The summed E-state index contributed by atoms with van der Waals surface area (Å²) in [5.41, 5.74) is -5.63. The zero-order chi connectivity index (χ0) is 35.1. The van der Waals surface area contributed by atoms with Crippen LogP contribution in [0.4, 0.5) is 42.2 Å². The lowest BCUT2D eigenvalue weighted by molar-refractivity contribution is -0.139. The first-order valence-corrected chi connectivity index (χ1v) is 13.9. The van der Waals surface area contributed by atoms with Gasteiger partial charge in [0.25, 0.3) is 11.5 Å². The van der Waals surface area contributed by atoms with E-state index in [0.29, 0.717) is 21.9 Å². The molecule has 254 valence electrons. The Morgan fingerprint density at radius 1 is 1.04 bits per heavy atom. The van der Waals surface area contributed by atoms with Crippen LogP contribution in [0.15, 0.2) is 53.3 Å². The van der Waals surface area contributed by atoms with E-state index in [1.165, 1.54) is 4.90 Å². The number of carbonyl (C=O) groups excluding carboxylic acids is 1. The third-order valence-corrected chi connectivity index (χ3v) is 7.53. The average molecular weight is 684 g/mol. The molecule has 1 fully saturated rings. The fourth-order valence-electron chi connectivity index (χ4n) is 5.39. The van der Waals surface area contributed by atoms with E-state index >= 15 is 8.78 Å². The number of nitrogens with one attached hydrogen (secondary N) is 1. The summed E-state index contributed by atoms with van der Waals surface area (Å²) in [4.78, 5) is 44.3. The van der Waals surface area contributed by atoms with Gasteiger partial charge in [-0.25, -0.2) is 18.6 Å². The lowest BCUT2D eigenvalue weighted by Crippen LogP contribution is -2.37. The van der Waals surface area contributed by atoms with E-state index in [-0.39, 0.29) is 35.8 Å². The molecule has 1 amide bonds. The van der Waals surface area contributed by atoms with Crippen LogP contribution in [0.25, 0.3) is 17.1 Å². The zero-order valence-electron chi connectivity index (χ0n) is 24.8. The summed E-state index contributed by atoms with van der Waals surface area (Å²) >= 11 is 0. The smallest absolute Gasteiger partial charge is 0.420 e. The lowest BCUT2D eigenvalue weighted by atomic mass is 10.1. The number of rotatable bonds is 9. The highest BCUT2D eigenvalue weighted by molar-refractivity contribution is 6.06. The molecule has 1 aliphatic heterocycles. The number of methoxy groups -OCH3 is 1. The highest BCUT2D eigenvalue weighted by Gasteiger charge is 2.39. The molecule has 48 heavy (non-hydrogen) atoms. The summed E-state index contributed by atoms with van der Waals surface area (Å²) in [5.74, 6) is -6.89. The van der Waals surface area contributed by atoms with Crippen LogP contribution in [-0.4, -0.2) is 57.6 Å². The number of benzene rings is 2. The molecule has 18 heteroatoms. The van der Waals surface area contributed by atoms with Crippen molar-refractivity contribution in [3.8, 4) is 28.6 Å². The van der Waals surface area contributed by atoms with Crippen LogP contribution in [0.3, 0.4) is 0 Å². The second kappa shape index (κ2) is 12.9. The van der Waals surface area contributed by atoms with E-state index in [1.54, 1.807) is 0 Å². The molecule has 2 aromatic carbocycles. The van der Waals surface area contributed by atoms with Gasteiger partial charge < -0.3 is 24.8 Å². The van der Waals surface area contributed by atoms with Gasteiger partial charge in [-0.3, -0.25) is 14.3 Å². The number of nitrogens with zero attached hydrogens (tertiary/aromatic N) is 4. The van der Waals surface area contributed by atoms with E-state index in [1.807, 2.05) is 0 Å². The van der Waals surface area contributed by atoms with Crippen molar-refractivity contribution in [1.29, 1.82) is 0 Å². The summed E-state index contributed by atoms with van der Waals surface area (Å²) in [6, 6.07) is 5.95. The second-order valence-corrected chi connectivity index (χ2v) is 10.4. The molecular weight excluding hydrogens is 659 g/mol. The van der Waals surface area contributed by atoms with E-state index < -0.39 is 76.2 Å². The maximum Gasteiger partial charge on any atom is 0.420 e. The molecule has 0 bridgehead atoms. The maximum atomic E-state index is 15.5. The summed E-state index contributed by atoms with van der Waals surface area (Å²) in [5, 5.41) is 11.8. The number of pyridine rings is 1. The van der Waals surface area contributed by atoms with Crippen LogP contribution in [0.1, 0.15) is 28.8 Å². The number of halogens is 7. The van der Waals surface area contributed by atoms with E-state index in [0.717, 1.165) is 56.6 Å². The van der Waals surface area contributed by atoms with Crippen molar-refractivity contribution in [3.05, 3.63) is 81.6 Å². The van der Waals surface area contributed by atoms with Crippen molar-refractivity contribution in [2.45, 2.75) is 31.7 Å². The number of alkyl halides is 5. The number of amides is 1. The molecule has 2 N–H and O–H groups in total. The van der Waals surface area contributed by atoms with Crippen LogP contribution in [0.5, 0.6) is 11.5 Å². The fourth-order valence-corrected chi connectivity index (χ4v) is 5.39. The summed E-state index contributed by atoms with van der Waals surface area (Å²) in [7, 11) is 2.12. The Labute approximate surface area is 265 Å². The van der Waals surface area contributed by atoms with Gasteiger partial charge in [-0.05, 0) is 49.2 Å². The normalized spacial score (nSPS) is 14.8. The number of hydrogen-bond acceptors (Lipinski definition) is 7. The monoisotopic (exact) mass is 683 g/mol. The molecule has 0 saturated carbocycles. The Balaban J connectivity index is 1.74. The molecule has 5 rings (SSSR count). The molecule has 3 heterocycles. The Morgan fingerprint density at radius 3 is 2.25 bits per heavy atom. The molecule has 0 aliphatic carbocycles. The summed E-state index contributed by atoms with van der Waals surface area (Å²) in [6.45, 7) is -3.05. The fraction of sp³-hybridized carbons (Fsp3) is 0.267. The highest BCUT2D eigenvalue weighted by Crippen LogP contribution is 2.38. The van der Waals surface area contributed by atoms with Gasteiger partial charge in [0.05, 0.1) is 12.7 Å². The van der Waals surface area contributed by atoms with Gasteiger partial charge in [0.1, 0.15) is 51.9 Å². The number of carboxylic acid groups (broad SMARTS) is 1. The minimum absolute atomic E-state index is 0.118. The van der Waals surface area contributed by atoms with Crippen LogP contribution in [0.2, 0.25) is 0 Å². The number of carboxylic acids is 1. The van der Waals surface area contributed by atoms with Crippen LogP contribution in [0, 0.1) is 11.6 Å². The standard InChI is InChI=1S/C30H24F7N5O6/c1-40-24(22-18(31)12-16(47-2)13-19(22)32)23(39-26(43)14-5-7-15(8-6-14)48-29(33)34)27(44)42(40)25-17(30(35,36)37)9-10-21(38-25)41-11-3-4-20(41)28(45)46/h5-10,12-13,20,29H,3-4,11H2,1-2H3,(H,39,43)(H,45,46)/t20-/m0/s1. The zero-order valence-corrected chi connectivity index (χ0v) is 24.8. The van der Waals surface area contributed by atoms with Gasteiger partial charge in [0.2, 0.25) is 0 Å². The van der Waals surface area contributed by atoms with Gasteiger partial charge in [-0.1, -0.05) is 0 Å². The van der Waals surface area contributed by atoms with Crippen LogP contribution in [-0.2, 0) is 18.0 Å². The molecule has 11 nitrogen and oxygen atoms in total. The molecule has 0 radical (unpaired) electrons. The third-order valence-electron chi connectivity index (χ3n) is 7.53. The Morgan fingerprint density at radius 2 is 1.69 bits per heavy atom. The largest absolute Gasteiger partial charge is 0.497 e. The summed E-state index contributed by atoms with van der Waals surface area (Å²) in [6.07, 6.45) is -4.59. The van der Waals surface area contributed by atoms with Gasteiger partial charge in [0, 0.05) is 31.3 Å². The molecule has 0 spiro atoms. The summed E-state index contributed by atoms with van der Waals surface area (Å²) < 4.78 is 109. The van der Waals surface area contributed by atoms with Gasteiger partial charge in [0.15, 0.2) is 5.82 Å². The van der Waals surface area contributed by atoms with Crippen molar-refractivity contribution in [3.63, 3.8) is 0 Å². The Hall–Kier alpha value is -5.55. The third kappa shape index (κ3) is 6.37. The maximum absolute atomic E-state index is 15.5. The van der Waals surface area contributed by atoms with Crippen molar-refractivity contribution >= 4 is 23.4 Å². The lowest BCUT2D eigenvalue weighted by Gasteiger charge is -2.24.